The fourth-order valence-electron chi connectivity index (χ4n) is 7.22. The number of pyridine rings is 2. The molecule has 8 rings (SSSR count). The minimum Gasteiger partial charge on any atom is -0.501 e. The molecule has 0 bridgehead atoms. The number of fused-ring (bicyclic) bond motifs is 4. The van der Waals surface area contributed by atoms with Crippen LogP contribution in [0.1, 0.15) is 82.7 Å². The molecule has 8 aromatic rings. The Hall–Kier alpha value is -4.68. The number of para-hydroxylation sites is 1. The molecule has 0 spiro atoms. The van der Waals surface area contributed by atoms with Gasteiger partial charge in [-0.3, -0.25) is 9.97 Å². The molecule has 4 heterocycles. The summed E-state index contributed by atoms with van der Waals surface area (Å²) >= 11 is 0. The van der Waals surface area contributed by atoms with Crippen LogP contribution in [-0.4, -0.2) is 27.6 Å². The molecule has 0 aliphatic heterocycles. The number of hydrogen-bond acceptors (Lipinski definition) is 4. The molecule has 0 aliphatic carbocycles. The molecular weight excluding hydrogens is 881 g/mol. The van der Waals surface area contributed by atoms with Crippen LogP contribution in [0.3, 0.4) is 0 Å². The summed E-state index contributed by atoms with van der Waals surface area (Å²) < 4.78 is 8.81. The molecule has 4 aromatic heterocycles. The van der Waals surface area contributed by atoms with E-state index in [1.54, 1.807) is 0 Å². The zero-order chi connectivity index (χ0) is 39.2. The number of imidazole rings is 1. The maximum Gasteiger partial charge on any atom is 0.120 e. The molecule has 0 atom stereocenters. The van der Waals surface area contributed by atoms with E-state index in [4.69, 9.17) is 14.4 Å². The molecular formula is C49H52IrN4OSi-2. The minimum absolute atomic E-state index is 0. The summed E-state index contributed by atoms with van der Waals surface area (Å²) in [6.07, 6.45) is 3.86. The smallest absolute Gasteiger partial charge is 0.120 e. The Morgan fingerprint density at radius 1 is 0.768 bits per heavy atom. The Balaban J connectivity index is 0.000000263. The molecule has 0 amide bonds. The molecule has 4 aromatic carbocycles. The van der Waals surface area contributed by atoms with Crippen LogP contribution in [0.25, 0.3) is 61.3 Å². The van der Waals surface area contributed by atoms with Crippen molar-refractivity contribution < 1.29 is 24.5 Å². The van der Waals surface area contributed by atoms with E-state index in [1.165, 1.54) is 27.6 Å². The molecule has 0 aliphatic rings. The van der Waals surface area contributed by atoms with Crippen molar-refractivity contribution in [2.24, 2.45) is 0 Å². The van der Waals surface area contributed by atoms with Crippen LogP contribution >= 0.6 is 0 Å². The van der Waals surface area contributed by atoms with Gasteiger partial charge in [-0.25, -0.2) is 0 Å². The van der Waals surface area contributed by atoms with Crippen LogP contribution in [0, 0.1) is 19.1 Å². The van der Waals surface area contributed by atoms with Crippen molar-refractivity contribution in [2.75, 3.05) is 0 Å². The quantitative estimate of drug-likeness (QED) is 0.123. The maximum absolute atomic E-state index is 6.47. The molecule has 0 saturated carbocycles. The summed E-state index contributed by atoms with van der Waals surface area (Å²) in [6, 6.07) is 38.0. The first kappa shape index (κ1) is 41.0. The summed E-state index contributed by atoms with van der Waals surface area (Å²) in [5, 5.41) is 3.57. The van der Waals surface area contributed by atoms with Crippen molar-refractivity contribution >= 4 is 46.2 Å². The van der Waals surface area contributed by atoms with Gasteiger partial charge in [0, 0.05) is 43.6 Å². The molecule has 0 N–H and O–H groups in total. The van der Waals surface area contributed by atoms with Gasteiger partial charge < -0.3 is 14.0 Å². The number of nitrogens with zero attached hydrogens (tertiary/aromatic N) is 4. The summed E-state index contributed by atoms with van der Waals surface area (Å²) in [6.45, 7) is 25.1. The van der Waals surface area contributed by atoms with Crippen LogP contribution in [0.2, 0.25) is 19.6 Å². The number of aryl methyl sites for hydroxylation is 1. The first-order valence-corrected chi connectivity index (χ1v) is 22.9. The molecule has 0 saturated heterocycles. The Labute approximate surface area is 347 Å². The number of furan rings is 1. The SMILES string of the molecule is C[Si](C)(C)c1ccc(-c2[c-]cccc2)nc1.Cc1nccc2nc(-c3[c-]ccc4c3oc3ccccc34)n(-c3c(C(C)C)cc(C(C)(C)C)cc3C(C)C)c12.[Ir]. The van der Waals surface area contributed by atoms with Gasteiger partial charge in [0.05, 0.1) is 36.2 Å². The van der Waals surface area contributed by atoms with E-state index in [2.05, 4.69) is 139 Å². The topological polar surface area (TPSA) is 56.7 Å². The number of rotatable bonds is 6. The van der Waals surface area contributed by atoms with Crippen molar-refractivity contribution in [3.63, 3.8) is 0 Å². The van der Waals surface area contributed by atoms with Crippen molar-refractivity contribution in [2.45, 2.75) is 92.3 Å². The van der Waals surface area contributed by atoms with Gasteiger partial charge in [0.1, 0.15) is 5.58 Å². The normalized spacial score (nSPS) is 12.0. The first-order valence-electron chi connectivity index (χ1n) is 19.4. The average Bonchev–Trinajstić information content (AvgIpc) is 3.74. The minimum atomic E-state index is -1.23. The second-order valence-corrected chi connectivity index (χ2v) is 22.3. The van der Waals surface area contributed by atoms with Crippen LogP contribution in [0.5, 0.6) is 0 Å². The Morgan fingerprint density at radius 3 is 2.07 bits per heavy atom. The molecule has 0 fully saturated rings. The van der Waals surface area contributed by atoms with E-state index in [9.17, 15) is 0 Å². The van der Waals surface area contributed by atoms with Gasteiger partial charge in [-0.2, -0.15) is 0 Å². The van der Waals surface area contributed by atoms with Gasteiger partial charge in [-0.1, -0.05) is 122 Å². The number of benzene rings is 4. The predicted molar refractivity (Wildman–Crippen MR) is 234 cm³/mol. The fourth-order valence-corrected chi connectivity index (χ4v) is 8.26. The largest absolute Gasteiger partial charge is 0.501 e. The van der Waals surface area contributed by atoms with Crippen LogP contribution in [0.4, 0.5) is 0 Å². The summed E-state index contributed by atoms with van der Waals surface area (Å²) in [5.41, 5.74) is 12.7. The van der Waals surface area contributed by atoms with Crippen LogP contribution in [-0.2, 0) is 25.5 Å². The van der Waals surface area contributed by atoms with Crippen molar-refractivity contribution in [1.29, 1.82) is 0 Å². The van der Waals surface area contributed by atoms with E-state index < -0.39 is 8.07 Å². The van der Waals surface area contributed by atoms with E-state index in [1.807, 2.05) is 60.9 Å². The van der Waals surface area contributed by atoms with Crippen LogP contribution in [0.15, 0.2) is 108 Å². The van der Waals surface area contributed by atoms with Gasteiger partial charge in [-0.05, 0) is 63.9 Å². The van der Waals surface area contributed by atoms with Crippen LogP contribution < -0.4 is 5.19 Å². The monoisotopic (exact) mass is 933 g/mol. The second-order valence-electron chi connectivity index (χ2n) is 17.2. The third-order valence-corrected chi connectivity index (χ3v) is 12.5. The zero-order valence-electron chi connectivity index (χ0n) is 34.5. The Bertz CT molecular complexity index is 2600. The molecule has 0 unspecified atom stereocenters. The molecule has 289 valence electrons. The Kier molecular flexibility index (Phi) is 11.7. The standard InChI is InChI=1S/C35H36N3O.C14H16NSi.Ir/c1-20(2)27-18-23(35(6,7)8)19-28(21(3)4)32(27)38-31-22(5)36-17-16-29(31)37-34(38)26-14-11-13-25-24-12-9-10-15-30(24)39-33(25)26;1-16(2,3)13-9-10-14(15-11-13)12-7-5-4-6-8-12;/h9-13,15-21H,1-8H3;4-7,9-11H,1-3H3;/q2*-1;. The molecule has 5 nitrogen and oxygen atoms in total. The van der Waals surface area contributed by atoms with Gasteiger partial charge in [-0.15, -0.1) is 54.1 Å². The van der Waals surface area contributed by atoms with Crippen molar-refractivity contribution in [3.05, 3.63) is 138 Å². The third-order valence-electron chi connectivity index (χ3n) is 10.4. The van der Waals surface area contributed by atoms with E-state index in [-0.39, 0.29) is 25.5 Å². The van der Waals surface area contributed by atoms with Gasteiger partial charge >= 0.3 is 0 Å². The molecule has 1 radical (unpaired) electrons. The van der Waals surface area contributed by atoms with E-state index >= 15 is 0 Å². The van der Waals surface area contributed by atoms with Gasteiger partial charge in [0.15, 0.2) is 0 Å². The van der Waals surface area contributed by atoms with E-state index in [0.717, 1.165) is 61.3 Å². The fraction of sp³-hybridized carbons (Fsp3) is 0.286. The van der Waals surface area contributed by atoms with Gasteiger partial charge in [0.2, 0.25) is 0 Å². The zero-order valence-corrected chi connectivity index (χ0v) is 37.9. The summed E-state index contributed by atoms with van der Waals surface area (Å²) in [5.74, 6) is 1.46. The number of hydrogen-bond donors (Lipinski definition) is 0. The molecule has 56 heavy (non-hydrogen) atoms. The summed E-state index contributed by atoms with van der Waals surface area (Å²) in [4.78, 5) is 14.5. The number of aromatic nitrogens is 4. The van der Waals surface area contributed by atoms with Gasteiger partial charge in [0.25, 0.3) is 0 Å². The second kappa shape index (κ2) is 16.1. The predicted octanol–water partition coefficient (Wildman–Crippen LogP) is 12.7. The average molecular weight is 933 g/mol. The van der Waals surface area contributed by atoms with Crippen molar-refractivity contribution in [1.82, 2.24) is 19.5 Å². The third kappa shape index (κ3) is 7.95. The first-order chi connectivity index (χ1) is 26.1. The maximum atomic E-state index is 6.47. The Morgan fingerprint density at radius 2 is 1.46 bits per heavy atom. The molecule has 7 heteroatoms. The van der Waals surface area contributed by atoms with Crippen molar-refractivity contribution in [3.8, 4) is 28.3 Å². The van der Waals surface area contributed by atoms with E-state index in [0.29, 0.717) is 11.8 Å². The summed E-state index contributed by atoms with van der Waals surface area (Å²) in [7, 11) is -1.23.